The number of para-hydroxylation sites is 1. The summed E-state index contributed by atoms with van der Waals surface area (Å²) in [6, 6.07) is 62.4. The molecule has 0 unspecified atom stereocenters. The molecule has 1 aliphatic carbocycles. The third-order valence-electron chi connectivity index (χ3n) is 12.3. The lowest BCUT2D eigenvalue weighted by molar-refractivity contribution is 0.661. The number of hydrogen-bond acceptors (Lipinski definition) is 4. The number of benzene rings is 9. The third kappa shape index (κ3) is 4.85. The molecular weight excluding hydrogens is 707 g/mol. The van der Waals surface area contributed by atoms with Gasteiger partial charge in [0.2, 0.25) is 0 Å². The fourth-order valence-electron chi connectivity index (χ4n) is 9.49. The number of hydrogen-bond donors (Lipinski definition) is 0. The van der Waals surface area contributed by atoms with E-state index in [4.69, 9.17) is 19.4 Å². The van der Waals surface area contributed by atoms with E-state index in [0.29, 0.717) is 17.5 Å². The van der Waals surface area contributed by atoms with Crippen LogP contribution < -0.4 is 0 Å². The summed E-state index contributed by atoms with van der Waals surface area (Å²) < 4.78 is 6.31. The van der Waals surface area contributed by atoms with E-state index in [2.05, 4.69) is 153 Å². The summed E-state index contributed by atoms with van der Waals surface area (Å²) in [5.41, 5.74) is 12.0. The van der Waals surface area contributed by atoms with Gasteiger partial charge >= 0.3 is 0 Å². The van der Waals surface area contributed by atoms with E-state index in [0.717, 1.165) is 55.1 Å². The van der Waals surface area contributed by atoms with Crippen LogP contribution >= 0.6 is 0 Å². The Kier molecular flexibility index (Phi) is 6.94. The maximum absolute atomic E-state index is 6.31. The first-order chi connectivity index (χ1) is 28.5. The highest BCUT2D eigenvalue weighted by molar-refractivity contribution is 6.25. The molecule has 11 aromatic rings. The van der Waals surface area contributed by atoms with Gasteiger partial charge in [0.05, 0.1) is 0 Å². The Hall–Kier alpha value is -7.43. The highest BCUT2D eigenvalue weighted by Gasteiger charge is 2.36. The molecule has 0 radical (unpaired) electrons. The molecule has 1 aliphatic rings. The molecule has 0 N–H and O–H groups in total. The van der Waals surface area contributed by atoms with Crippen LogP contribution in [0.3, 0.4) is 0 Å². The van der Waals surface area contributed by atoms with Crippen LogP contribution in [0.5, 0.6) is 0 Å². The lowest BCUT2D eigenvalue weighted by atomic mass is 9.81. The Labute approximate surface area is 335 Å². The average Bonchev–Trinajstić information content (AvgIpc) is 3.78. The van der Waals surface area contributed by atoms with Gasteiger partial charge in [-0.15, -0.1) is 0 Å². The standard InChI is InChI=1S/C54H35N3O/c1-54(2)43-19-8-6-16-40(43)50-44(54)29-27-34-23-22-33-24-25-36-31-38(26-28-39(36)47(33)48(34)50)52-55-51(37-15-10-14-35(30-37)32-12-4-3-5-13-32)56-53(57-52)42-18-11-21-46-49(42)41-17-7-9-20-45(41)58-46/h3-31H,1-2H3. The molecule has 0 amide bonds. The first-order valence-electron chi connectivity index (χ1n) is 19.9. The highest BCUT2D eigenvalue weighted by atomic mass is 16.3. The highest BCUT2D eigenvalue weighted by Crippen LogP contribution is 2.53. The van der Waals surface area contributed by atoms with Crippen molar-refractivity contribution in [1.82, 2.24) is 15.0 Å². The van der Waals surface area contributed by atoms with Crippen LogP contribution in [0.25, 0.3) is 111 Å². The van der Waals surface area contributed by atoms with Gasteiger partial charge in [-0.3, -0.25) is 0 Å². The molecule has 0 saturated heterocycles. The Morgan fingerprint density at radius 2 is 1.00 bits per heavy atom. The Balaban J connectivity index is 1.09. The van der Waals surface area contributed by atoms with Gasteiger partial charge in [-0.25, -0.2) is 15.0 Å². The predicted molar refractivity (Wildman–Crippen MR) is 239 cm³/mol. The molecule has 4 nitrogen and oxygen atoms in total. The van der Waals surface area contributed by atoms with Crippen molar-refractivity contribution in [1.29, 1.82) is 0 Å². The lowest BCUT2D eigenvalue weighted by Crippen LogP contribution is -2.14. The molecule has 4 heteroatoms. The van der Waals surface area contributed by atoms with E-state index in [1.165, 1.54) is 49.2 Å². The Morgan fingerprint density at radius 1 is 0.379 bits per heavy atom. The molecular formula is C54H35N3O. The van der Waals surface area contributed by atoms with Gasteiger partial charge in [0, 0.05) is 32.9 Å². The SMILES string of the molecule is CC1(C)c2ccccc2-c2c1ccc1ccc3ccc4cc(-c5nc(-c6cccc(-c7ccccc7)c6)nc(-c6cccc7oc8ccccc8c67)n5)ccc4c3c21. The molecule has 12 rings (SSSR count). The molecule has 2 aromatic heterocycles. The zero-order valence-electron chi connectivity index (χ0n) is 32.0. The summed E-state index contributed by atoms with van der Waals surface area (Å²) in [7, 11) is 0. The van der Waals surface area contributed by atoms with Crippen LogP contribution in [-0.2, 0) is 5.41 Å². The summed E-state index contributed by atoms with van der Waals surface area (Å²) in [4.78, 5) is 15.7. The topological polar surface area (TPSA) is 51.8 Å². The molecule has 272 valence electrons. The van der Waals surface area contributed by atoms with Gasteiger partial charge in [-0.05, 0) is 90.0 Å². The van der Waals surface area contributed by atoms with Crippen LogP contribution in [0.4, 0.5) is 0 Å². The fraction of sp³-hybridized carbons (Fsp3) is 0.0556. The third-order valence-corrected chi connectivity index (χ3v) is 12.3. The lowest BCUT2D eigenvalue weighted by Gasteiger charge is -2.21. The minimum atomic E-state index is -0.0815. The van der Waals surface area contributed by atoms with Gasteiger partial charge < -0.3 is 4.42 Å². The van der Waals surface area contributed by atoms with E-state index in [9.17, 15) is 0 Å². The summed E-state index contributed by atoms with van der Waals surface area (Å²) in [6.45, 7) is 4.70. The van der Waals surface area contributed by atoms with Crippen LogP contribution in [0.2, 0.25) is 0 Å². The smallest absolute Gasteiger partial charge is 0.164 e. The average molecular weight is 742 g/mol. The van der Waals surface area contributed by atoms with Crippen LogP contribution in [-0.4, -0.2) is 15.0 Å². The number of fused-ring (bicyclic) bond motifs is 12. The minimum absolute atomic E-state index is 0.0815. The van der Waals surface area contributed by atoms with Crippen molar-refractivity contribution in [2.45, 2.75) is 19.3 Å². The van der Waals surface area contributed by atoms with E-state index in [1.807, 2.05) is 36.4 Å². The van der Waals surface area contributed by atoms with Crippen molar-refractivity contribution in [2.75, 3.05) is 0 Å². The first kappa shape index (κ1) is 32.8. The second kappa shape index (κ2) is 12.3. The number of nitrogens with zero attached hydrogens (tertiary/aromatic N) is 3. The molecule has 0 aliphatic heterocycles. The second-order valence-corrected chi connectivity index (χ2v) is 16.0. The molecule has 9 aromatic carbocycles. The van der Waals surface area contributed by atoms with Crippen molar-refractivity contribution in [3.8, 4) is 56.4 Å². The molecule has 58 heavy (non-hydrogen) atoms. The second-order valence-electron chi connectivity index (χ2n) is 16.0. The van der Waals surface area contributed by atoms with Crippen molar-refractivity contribution < 1.29 is 4.42 Å². The first-order valence-corrected chi connectivity index (χ1v) is 19.9. The van der Waals surface area contributed by atoms with E-state index in [1.54, 1.807) is 0 Å². The van der Waals surface area contributed by atoms with Crippen molar-refractivity contribution in [3.63, 3.8) is 0 Å². The quantitative estimate of drug-likeness (QED) is 0.169. The maximum atomic E-state index is 6.31. The van der Waals surface area contributed by atoms with E-state index >= 15 is 0 Å². The van der Waals surface area contributed by atoms with Crippen LogP contribution in [0.15, 0.2) is 180 Å². The predicted octanol–water partition coefficient (Wildman–Crippen LogP) is 14.2. The number of rotatable bonds is 4. The van der Waals surface area contributed by atoms with Crippen LogP contribution in [0, 0.1) is 0 Å². The van der Waals surface area contributed by atoms with Gasteiger partial charge in [0.25, 0.3) is 0 Å². The van der Waals surface area contributed by atoms with E-state index in [-0.39, 0.29) is 5.41 Å². The monoisotopic (exact) mass is 741 g/mol. The summed E-state index contributed by atoms with van der Waals surface area (Å²) in [5.74, 6) is 1.83. The summed E-state index contributed by atoms with van der Waals surface area (Å²) >= 11 is 0. The molecule has 0 atom stereocenters. The summed E-state index contributed by atoms with van der Waals surface area (Å²) in [6.07, 6.45) is 0. The van der Waals surface area contributed by atoms with Gasteiger partial charge in [-0.1, -0.05) is 166 Å². The maximum Gasteiger partial charge on any atom is 0.164 e. The largest absolute Gasteiger partial charge is 0.456 e. The zero-order valence-corrected chi connectivity index (χ0v) is 32.0. The molecule has 0 bridgehead atoms. The van der Waals surface area contributed by atoms with Gasteiger partial charge in [0.1, 0.15) is 11.2 Å². The van der Waals surface area contributed by atoms with Gasteiger partial charge in [-0.2, -0.15) is 0 Å². The minimum Gasteiger partial charge on any atom is -0.456 e. The molecule has 2 heterocycles. The van der Waals surface area contributed by atoms with Crippen molar-refractivity contribution >= 4 is 54.3 Å². The van der Waals surface area contributed by atoms with Crippen LogP contribution in [0.1, 0.15) is 25.0 Å². The summed E-state index contributed by atoms with van der Waals surface area (Å²) in [5, 5.41) is 9.44. The molecule has 0 saturated carbocycles. The normalized spacial score (nSPS) is 13.1. The van der Waals surface area contributed by atoms with Gasteiger partial charge in [0.15, 0.2) is 17.5 Å². The van der Waals surface area contributed by atoms with Crippen molar-refractivity contribution in [2.24, 2.45) is 0 Å². The molecule has 0 spiro atoms. The fourth-order valence-corrected chi connectivity index (χ4v) is 9.49. The number of aromatic nitrogens is 3. The Bertz CT molecular complexity index is 3490. The molecule has 0 fully saturated rings. The van der Waals surface area contributed by atoms with Crippen molar-refractivity contribution in [3.05, 3.63) is 187 Å². The van der Waals surface area contributed by atoms with E-state index < -0.39 is 0 Å². The number of furan rings is 1. The zero-order chi connectivity index (χ0) is 38.5. The Morgan fingerprint density at radius 3 is 1.86 bits per heavy atom.